The van der Waals surface area contributed by atoms with E-state index >= 15 is 0 Å². The lowest BCUT2D eigenvalue weighted by molar-refractivity contribution is 0.226. The predicted octanol–water partition coefficient (Wildman–Crippen LogP) is -1.09. The van der Waals surface area contributed by atoms with E-state index in [2.05, 4.69) is 10.4 Å². The number of aliphatic hydroxyl groups excluding tert-OH is 1. The second-order valence-electron chi connectivity index (χ2n) is 4.21. The molecule has 2 N–H and O–H groups in total. The number of aromatic nitrogens is 3. The zero-order chi connectivity index (χ0) is 13.2. The maximum absolute atomic E-state index is 11.8. The van der Waals surface area contributed by atoms with Gasteiger partial charge in [0.15, 0.2) is 0 Å². The second-order valence-corrected chi connectivity index (χ2v) is 4.21. The van der Waals surface area contributed by atoms with E-state index in [1.807, 2.05) is 13.8 Å². The fourth-order valence-corrected chi connectivity index (χ4v) is 1.30. The molecule has 1 aromatic rings. The summed E-state index contributed by atoms with van der Waals surface area (Å²) in [6.45, 7) is 3.71. The molecule has 0 aliphatic carbocycles. The number of hydrogen-bond acceptors (Lipinski definition) is 5. The van der Waals surface area contributed by atoms with Crippen LogP contribution in [0.3, 0.4) is 0 Å². The fraction of sp³-hybridized carbons (Fsp3) is 0.700. The average Bonchev–Trinajstić information content (AvgIpc) is 2.32. The van der Waals surface area contributed by atoms with Crippen LogP contribution in [0.15, 0.2) is 9.59 Å². The van der Waals surface area contributed by atoms with Crippen LogP contribution in [-0.4, -0.2) is 32.1 Å². The zero-order valence-corrected chi connectivity index (χ0v) is 10.5. The van der Waals surface area contributed by atoms with Gasteiger partial charge in [-0.3, -0.25) is 9.36 Å². The van der Waals surface area contributed by atoms with E-state index in [0.717, 1.165) is 9.25 Å². The minimum atomic E-state index is -0.469. The van der Waals surface area contributed by atoms with Crippen LogP contribution in [-0.2, 0) is 14.1 Å². The molecule has 0 radical (unpaired) electrons. The summed E-state index contributed by atoms with van der Waals surface area (Å²) in [7, 11) is 2.88. The first-order valence-electron chi connectivity index (χ1n) is 5.40. The lowest BCUT2D eigenvalue weighted by atomic mass is 10.1. The number of rotatable bonds is 4. The first-order chi connectivity index (χ1) is 7.88. The van der Waals surface area contributed by atoms with Gasteiger partial charge in [-0.05, 0) is 12.8 Å². The Morgan fingerprint density at radius 1 is 1.35 bits per heavy atom. The molecule has 0 fully saturated rings. The minimum Gasteiger partial charge on any atom is -0.396 e. The molecular formula is C10H18N4O3. The van der Waals surface area contributed by atoms with E-state index in [4.69, 9.17) is 5.11 Å². The molecule has 0 aromatic carbocycles. The Morgan fingerprint density at radius 3 is 2.47 bits per heavy atom. The van der Waals surface area contributed by atoms with Gasteiger partial charge in [-0.15, -0.1) is 5.10 Å². The van der Waals surface area contributed by atoms with Crippen molar-refractivity contribution in [3.8, 4) is 0 Å². The van der Waals surface area contributed by atoms with E-state index in [9.17, 15) is 9.59 Å². The molecule has 7 nitrogen and oxygen atoms in total. The van der Waals surface area contributed by atoms with E-state index in [-0.39, 0.29) is 24.4 Å². The van der Waals surface area contributed by atoms with Crippen molar-refractivity contribution in [2.45, 2.75) is 19.9 Å². The highest BCUT2D eigenvalue weighted by Gasteiger charge is 2.15. The number of hydrogen-bond donors (Lipinski definition) is 2. The molecule has 0 saturated carbocycles. The summed E-state index contributed by atoms with van der Waals surface area (Å²) in [5.74, 6) is 0.0983. The molecule has 2 atom stereocenters. The van der Waals surface area contributed by atoms with Gasteiger partial charge in [0, 0.05) is 26.7 Å². The molecule has 1 rings (SSSR count). The maximum atomic E-state index is 11.8. The average molecular weight is 242 g/mol. The molecule has 96 valence electrons. The standard InChI is InChI=1S/C10H18N4O3/c1-6(5-15)7(2)11-8-9(16)13(3)10(17)14(4)12-8/h6-7,15H,5H2,1-4H3,(H,11,12). The van der Waals surface area contributed by atoms with Gasteiger partial charge in [-0.2, -0.15) is 0 Å². The van der Waals surface area contributed by atoms with Crippen molar-refractivity contribution in [3.63, 3.8) is 0 Å². The van der Waals surface area contributed by atoms with E-state index in [1.54, 1.807) is 0 Å². The van der Waals surface area contributed by atoms with Crippen molar-refractivity contribution >= 4 is 5.82 Å². The van der Waals surface area contributed by atoms with E-state index in [1.165, 1.54) is 14.1 Å². The molecule has 0 aliphatic heterocycles. The van der Waals surface area contributed by atoms with Crippen LogP contribution in [0.2, 0.25) is 0 Å². The molecule has 0 spiro atoms. The predicted molar refractivity (Wildman–Crippen MR) is 64.1 cm³/mol. The van der Waals surface area contributed by atoms with Crippen molar-refractivity contribution in [2.75, 3.05) is 11.9 Å². The second kappa shape index (κ2) is 5.13. The summed E-state index contributed by atoms with van der Waals surface area (Å²) in [6, 6.07) is -0.113. The lowest BCUT2D eigenvalue weighted by Crippen LogP contribution is -2.41. The molecule has 0 saturated heterocycles. The zero-order valence-electron chi connectivity index (χ0n) is 10.5. The summed E-state index contributed by atoms with van der Waals surface area (Å²) < 4.78 is 2.09. The van der Waals surface area contributed by atoms with Gasteiger partial charge in [0.1, 0.15) is 0 Å². The van der Waals surface area contributed by atoms with E-state index < -0.39 is 11.2 Å². The summed E-state index contributed by atoms with van der Waals surface area (Å²) in [4.78, 5) is 23.2. The van der Waals surface area contributed by atoms with Crippen LogP contribution in [0.25, 0.3) is 0 Å². The highest BCUT2D eigenvalue weighted by molar-refractivity contribution is 5.30. The molecular weight excluding hydrogens is 224 g/mol. The normalized spacial score (nSPS) is 14.4. The molecule has 1 aromatic heterocycles. The van der Waals surface area contributed by atoms with Crippen LogP contribution in [0.4, 0.5) is 5.82 Å². The summed E-state index contributed by atoms with van der Waals surface area (Å²) >= 11 is 0. The summed E-state index contributed by atoms with van der Waals surface area (Å²) in [6.07, 6.45) is 0. The molecule has 2 unspecified atom stereocenters. The Kier molecular flexibility index (Phi) is 4.06. The molecule has 17 heavy (non-hydrogen) atoms. The monoisotopic (exact) mass is 242 g/mol. The third-order valence-corrected chi connectivity index (χ3v) is 2.83. The molecule has 0 aliphatic rings. The van der Waals surface area contributed by atoms with Gasteiger partial charge in [0.05, 0.1) is 0 Å². The highest BCUT2D eigenvalue weighted by Crippen LogP contribution is 2.05. The van der Waals surface area contributed by atoms with Gasteiger partial charge in [0.25, 0.3) is 5.56 Å². The Morgan fingerprint density at radius 2 is 1.94 bits per heavy atom. The van der Waals surface area contributed by atoms with Crippen LogP contribution in [0.1, 0.15) is 13.8 Å². The van der Waals surface area contributed by atoms with Crippen LogP contribution < -0.4 is 16.6 Å². The number of aliphatic hydroxyl groups is 1. The molecule has 7 heteroatoms. The van der Waals surface area contributed by atoms with Gasteiger partial charge < -0.3 is 10.4 Å². The van der Waals surface area contributed by atoms with Crippen LogP contribution in [0, 0.1) is 5.92 Å². The van der Waals surface area contributed by atoms with Gasteiger partial charge in [0.2, 0.25) is 5.82 Å². The Bertz CT molecular complexity index is 505. The van der Waals surface area contributed by atoms with E-state index in [0.29, 0.717) is 0 Å². The quantitative estimate of drug-likeness (QED) is 0.700. The summed E-state index contributed by atoms with van der Waals surface area (Å²) in [5, 5.41) is 15.8. The van der Waals surface area contributed by atoms with Crippen molar-refractivity contribution in [2.24, 2.45) is 20.0 Å². The topological polar surface area (TPSA) is 89.2 Å². The number of anilines is 1. The first-order valence-corrected chi connectivity index (χ1v) is 5.40. The maximum Gasteiger partial charge on any atom is 0.346 e. The Labute approximate surface area is 98.7 Å². The smallest absolute Gasteiger partial charge is 0.346 e. The molecule has 1 heterocycles. The third-order valence-electron chi connectivity index (χ3n) is 2.83. The van der Waals surface area contributed by atoms with Crippen molar-refractivity contribution in [3.05, 3.63) is 20.8 Å². The van der Waals surface area contributed by atoms with Gasteiger partial charge >= 0.3 is 5.69 Å². The highest BCUT2D eigenvalue weighted by atomic mass is 16.3. The number of nitrogens with zero attached hydrogens (tertiary/aromatic N) is 3. The van der Waals surface area contributed by atoms with Crippen molar-refractivity contribution < 1.29 is 5.11 Å². The van der Waals surface area contributed by atoms with Crippen LogP contribution >= 0.6 is 0 Å². The molecule has 0 amide bonds. The number of aryl methyl sites for hydroxylation is 1. The lowest BCUT2D eigenvalue weighted by Gasteiger charge is -2.19. The minimum absolute atomic E-state index is 0.0141. The van der Waals surface area contributed by atoms with Crippen molar-refractivity contribution in [1.82, 2.24) is 14.3 Å². The molecule has 0 bridgehead atoms. The fourth-order valence-electron chi connectivity index (χ4n) is 1.30. The van der Waals surface area contributed by atoms with Gasteiger partial charge in [-0.25, -0.2) is 9.48 Å². The SMILES string of the molecule is CC(CO)C(C)Nc1nn(C)c(=O)n(C)c1=O. The number of nitrogens with one attached hydrogen (secondary N) is 1. The third kappa shape index (κ3) is 2.73. The Balaban J connectivity index is 3.09. The summed E-state index contributed by atoms with van der Waals surface area (Å²) in [5.41, 5.74) is -0.937. The first kappa shape index (κ1) is 13.4. The van der Waals surface area contributed by atoms with Crippen LogP contribution in [0.5, 0.6) is 0 Å². The van der Waals surface area contributed by atoms with Gasteiger partial charge in [-0.1, -0.05) is 6.92 Å². The largest absolute Gasteiger partial charge is 0.396 e. The Hall–Kier alpha value is -1.63. The van der Waals surface area contributed by atoms with Crippen molar-refractivity contribution in [1.29, 1.82) is 0 Å².